The maximum absolute atomic E-state index is 13.4. The highest BCUT2D eigenvalue weighted by atomic mass is 16.6. The molecule has 0 spiro atoms. The number of hydrogen-bond donors (Lipinski definition) is 6. The van der Waals surface area contributed by atoms with Gasteiger partial charge in [0.25, 0.3) is 0 Å². The monoisotopic (exact) mass is 870 g/mol. The van der Waals surface area contributed by atoms with Gasteiger partial charge >= 0.3 is 47.8 Å². The molecule has 0 radical (unpaired) electrons. The van der Waals surface area contributed by atoms with E-state index < -0.39 is 134 Å². The molecular formula is C34H46O26. The third-order valence-corrected chi connectivity index (χ3v) is 6.50. The lowest BCUT2D eigenvalue weighted by atomic mass is 9.94. The molecule has 0 fully saturated rings. The fourth-order valence-corrected chi connectivity index (χ4v) is 4.10. The Morgan fingerprint density at radius 3 is 0.633 bits per heavy atom. The van der Waals surface area contributed by atoms with Crippen LogP contribution in [0.2, 0.25) is 0 Å². The molecule has 0 unspecified atom stereocenters. The van der Waals surface area contributed by atoms with E-state index in [4.69, 9.17) is 77.3 Å². The van der Waals surface area contributed by atoms with Crippen molar-refractivity contribution in [3.63, 3.8) is 0 Å². The average Bonchev–Trinajstić information content (AvgIpc) is 3.18. The van der Waals surface area contributed by atoms with Crippen LogP contribution in [0.4, 0.5) is 0 Å². The fourth-order valence-electron chi connectivity index (χ4n) is 4.10. The number of rotatable bonds is 36. The molecule has 338 valence electrons. The molecule has 1 aromatic rings. The summed E-state index contributed by atoms with van der Waals surface area (Å²) in [5, 5.41) is 57.2. The molecule has 0 aliphatic heterocycles. The quantitative estimate of drug-likeness (QED) is 0.0187. The Kier molecular flexibility index (Phi) is 27.2. The number of aliphatic carboxylic acids is 4. The number of carbonyl (C=O) groups is 8. The van der Waals surface area contributed by atoms with Gasteiger partial charge in [0, 0.05) is 0 Å². The van der Waals surface area contributed by atoms with Crippen LogP contribution in [0.3, 0.4) is 0 Å². The molecule has 6 N–H and O–H groups in total. The molecule has 0 saturated heterocycles. The van der Waals surface area contributed by atoms with Crippen molar-refractivity contribution in [1.82, 2.24) is 0 Å². The number of aromatic hydroxyl groups is 2. The molecule has 0 aromatic heterocycles. The van der Waals surface area contributed by atoms with E-state index in [1.807, 2.05) is 0 Å². The van der Waals surface area contributed by atoms with Crippen LogP contribution in [0, 0.1) is 0 Å². The Morgan fingerprint density at radius 2 is 0.450 bits per heavy atom. The third-order valence-electron chi connectivity index (χ3n) is 6.50. The summed E-state index contributed by atoms with van der Waals surface area (Å²) < 4.78 is 60.1. The first-order valence-electron chi connectivity index (χ1n) is 17.5. The van der Waals surface area contributed by atoms with Crippen LogP contribution in [0.1, 0.15) is 41.4 Å². The van der Waals surface area contributed by atoms with Gasteiger partial charge in [0.15, 0.2) is 0 Å². The van der Waals surface area contributed by atoms with E-state index in [1.54, 1.807) is 0 Å². The third kappa shape index (κ3) is 22.4. The van der Waals surface area contributed by atoms with Crippen molar-refractivity contribution in [2.75, 3.05) is 132 Å². The minimum absolute atomic E-state index is 0.141. The van der Waals surface area contributed by atoms with Crippen molar-refractivity contribution >= 4 is 47.8 Å². The summed E-state index contributed by atoms with van der Waals surface area (Å²) in [6.07, 6.45) is 0. The van der Waals surface area contributed by atoms with Crippen molar-refractivity contribution in [3.05, 3.63) is 22.3 Å². The number of esters is 4. The summed E-state index contributed by atoms with van der Waals surface area (Å²) in [6.45, 7) is -7.23. The number of ether oxygens (including phenoxy) is 12. The molecule has 0 amide bonds. The lowest BCUT2D eigenvalue weighted by Gasteiger charge is -2.19. The summed E-state index contributed by atoms with van der Waals surface area (Å²) >= 11 is 0. The van der Waals surface area contributed by atoms with Gasteiger partial charge in [-0.25, -0.2) is 38.4 Å². The van der Waals surface area contributed by atoms with Crippen LogP contribution in [-0.2, 0) is 76.0 Å². The van der Waals surface area contributed by atoms with Gasteiger partial charge in [0.05, 0.1) is 79.3 Å². The van der Waals surface area contributed by atoms with Crippen molar-refractivity contribution in [2.24, 2.45) is 0 Å². The van der Waals surface area contributed by atoms with Crippen molar-refractivity contribution < 1.29 is 126 Å². The van der Waals surface area contributed by atoms with Gasteiger partial charge in [-0.1, -0.05) is 0 Å². The lowest BCUT2D eigenvalue weighted by Crippen LogP contribution is -2.24. The van der Waals surface area contributed by atoms with Gasteiger partial charge in [-0.05, 0) is 0 Å². The summed E-state index contributed by atoms with van der Waals surface area (Å²) in [5.41, 5.74) is -4.70. The topological polar surface area (TPSA) is 369 Å². The second-order valence-corrected chi connectivity index (χ2v) is 11.0. The van der Waals surface area contributed by atoms with Gasteiger partial charge in [-0.15, -0.1) is 0 Å². The van der Waals surface area contributed by atoms with E-state index in [0.29, 0.717) is 0 Å². The molecule has 26 nitrogen and oxygen atoms in total. The molecule has 1 aromatic carbocycles. The van der Waals surface area contributed by atoms with E-state index in [9.17, 15) is 48.6 Å². The predicted octanol–water partition coefficient (Wildman–Crippen LogP) is -1.80. The van der Waals surface area contributed by atoms with E-state index >= 15 is 0 Å². The van der Waals surface area contributed by atoms with Gasteiger partial charge in [-0.2, -0.15) is 0 Å². The molecule has 0 aliphatic rings. The lowest BCUT2D eigenvalue weighted by molar-refractivity contribution is -0.143. The Labute approximate surface area is 339 Å². The zero-order valence-corrected chi connectivity index (χ0v) is 32.0. The minimum atomic E-state index is -1.55. The van der Waals surface area contributed by atoms with Crippen molar-refractivity contribution in [2.45, 2.75) is 0 Å². The van der Waals surface area contributed by atoms with Crippen molar-refractivity contribution in [1.29, 1.82) is 0 Å². The molecule has 0 saturated carbocycles. The van der Waals surface area contributed by atoms with E-state index in [0.717, 1.165) is 0 Å². The largest absolute Gasteiger partial charge is 0.506 e. The van der Waals surface area contributed by atoms with E-state index in [2.05, 4.69) is 0 Å². The first-order chi connectivity index (χ1) is 28.7. The van der Waals surface area contributed by atoms with E-state index in [-0.39, 0.29) is 79.3 Å². The van der Waals surface area contributed by atoms with Gasteiger partial charge in [-0.3, -0.25) is 0 Å². The van der Waals surface area contributed by atoms with Crippen LogP contribution in [0.15, 0.2) is 0 Å². The molecule has 0 aliphatic carbocycles. The predicted molar refractivity (Wildman–Crippen MR) is 188 cm³/mol. The Bertz CT molecular complexity index is 1340. The standard InChI is InChI=1S/C34H46O26/c35-21(36)17-53-5-1-49-9-13-57-31(45)25-26(32(46)58-14-10-50-2-6-54-18-22(37)38)30(44)28(34(48)60-16-12-52-4-8-56-20-24(41)42)27(29(25)43)33(47)59-15-11-51-3-7-55-19-23(39)40/h43-44H,1-20H2,(H,35,36)(H,37,38)(H,39,40)(H,41,42). The van der Waals surface area contributed by atoms with Gasteiger partial charge in [0.2, 0.25) is 0 Å². The summed E-state index contributed by atoms with van der Waals surface area (Å²) in [5.74, 6) is -13.9. The van der Waals surface area contributed by atoms with Crippen LogP contribution in [-0.4, -0.2) is 211 Å². The molecule has 0 atom stereocenters. The first kappa shape index (κ1) is 52.3. The van der Waals surface area contributed by atoms with Gasteiger partial charge < -0.3 is 87.5 Å². The first-order valence-corrected chi connectivity index (χ1v) is 17.5. The van der Waals surface area contributed by atoms with Crippen LogP contribution in [0.25, 0.3) is 0 Å². The summed E-state index contributed by atoms with van der Waals surface area (Å²) in [4.78, 5) is 95.8. The Morgan fingerprint density at radius 1 is 0.283 bits per heavy atom. The second-order valence-electron chi connectivity index (χ2n) is 11.0. The number of phenolic OH excluding ortho intramolecular Hbond substituents is 2. The summed E-state index contributed by atoms with van der Waals surface area (Å²) in [6, 6.07) is 0. The number of carboxylic acids is 4. The highest BCUT2D eigenvalue weighted by Crippen LogP contribution is 2.40. The number of phenols is 2. The normalized spacial score (nSPS) is 10.8. The maximum Gasteiger partial charge on any atom is 0.343 e. The smallest absolute Gasteiger partial charge is 0.343 e. The average molecular weight is 871 g/mol. The van der Waals surface area contributed by atoms with Crippen LogP contribution < -0.4 is 0 Å². The second kappa shape index (κ2) is 31.2. The van der Waals surface area contributed by atoms with Crippen molar-refractivity contribution in [3.8, 4) is 11.5 Å². The molecule has 1 rings (SSSR count). The zero-order valence-electron chi connectivity index (χ0n) is 32.0. The van der Waals surface area contributed by atoms with E-state index in [1.165, 1.54) is 0 Å². The number of carbonyl (C=O) groups excluding carboxylic acids is 4. The SMILES string of the molecule is O=C(O)COCCOCCOC(=O)c1c(O)c(C(=O)OCCOCCOCC(=O)O)c(C(=O)OCCOCCOCC(=O)O)c(O)c1C(=O)OCCOCCOCC(=O)O. The molecular weight excluding hydrogens is 824 g/mol. The molecule has 60 heavy (non-hydrogen) atoms. The highest BCUT2D eigenvalue weighted by molar-refractivity contribution is 6.16. The maximum atomic E-state index is 13.4. The zero-order chi connectivity index (χ0) is 44.7. The molecule has 26 heteroatoms. The molecule has 0 bridgehead atoms. The number of carboxylic acid groups (broad SMARTS) is 4. The van der Waals surface area contributed by atoms with Crippen LogP contribution >= 0.6 is 0 Å². The molecule has 0 heterocycles. The Hall–Kier alpha value is -5.74. The van der Waals surface area contributed by atoms with Gasteiger partial charge in [0.1, 0.15) is 86.6 Å². The van der Waals surface area contributed by atoms with Crippen LogP contribution in [0.5, 0.6) is 11.5 Å². The highest BCUT2D eigenvalue weighted by Gasteiger charge is 2.39. The fraction of sp³-hybridized carbons (Fsp3) is 0.588. The Balaban J connectivity index is 3.38. The number of hydrogen-bond acceptors (Lipinski definition) is 22. The summed E-state index contributed by atoms with van der Waals surface area (Å²) in [7, 11) is 0. The minimum Gasteiger partial charge on any atom is -0.506 e. The number of benzene rings is 1.